The monoisotopic (exact) mass is 262 g/mol. The highest BCUT2D eigenvalue weighted by molar-refractivity contribution is 6.04. The molecule has 0 saturated carbocycles. The van der Waals surface area contributed by atoms with E-state index in [1.807, 2.05) is 0 Å². The average Bonchev–Trinajstić information content (AvgIpc) is 2.37. The average molecular weight is 262 g/mol. The molecule has 0 bridgehead atoms. The lowest BCUT2D eigenvalue weighted by atomic mass is 10.1. The van der Waals surface area contributed by atoms with Crippen LogP contribution in [0.2, 0.25) is 0 Å². The van der Waals surface area contributed by atoms with Gasteiger partial charge in [0.25, 0.3) is 5.91 Å². The SMILES string of the molecule is Cc1cccc(C(=O)Nc2ccc(N)c(F)c2)c1F. The summed E-state index contributed by atoms with van der Waals surface area (Å²) in [5.74, 6) is -1.86. The Kier molecular flexibility index (Phi) is 3.46. The lowest BCUT2D eigenvalue weighted by Crippen LogP contribution is -2.14. The first-order chi connectivity index (χ1) is 8.99. The van der Waals surface area contributed by atoms with Crippen LogP contribution in [0.3, 0.4) is 0 Å². The van der Waals surface area contributed by atoms with Gasteiger partial charge in [0.2, 0.25) is 0 Å². The number of hydrogen-bond donors (Lipinski definition) is 2. The number of nitrogen functional groups attached to an aromatic ring is 1. The van der Waals surface area contributed by atoms with Crippen LogP contribution in [0.1, 0.15) is 15.9 Å². The summed E-state index contributed by atoms with van der Waals surface area (Å²) in [6.45, 7) is 1.56. The van der Waals surface area contributed by atoms with Crippen LogP contribution in [-0.2, 0) is 0 Å². The summed E-state index contributed by atoms with van der Waals surface area (Å²) in [5, 5.41) is 2.42. The fraction of sp³-hybridized carbons (Fsp3) is 0.0714. The van der Waals surface area contributed by atoms with Crippen LogP contribution in [0.15, 0.2) is 36.4 Å². The molecule has 0 aliphatic heterocycles. The summed E-state index contributed by atoms with van der Waals surface area (Å²) in [7, 11) is 0. The van der Waals surface area contributed by atoms with E-state index in [1.165, 1.54) is 18.2 Å². The van der Waals surface area contributed by atoms with Crippen molar-refractivity contribution in [3.63, 3.8) is 0 Å². The van der Waals surface area contributed by atoms with E-state index in [-0.39, 0.29) is 16.9 Å². The van der Waals surface area contributed by atoms with Gasteiger partial charge >= 0.3 is 0 Å². The Morgan fingerprint density at radius 1 is 1.21 bits per heavy atom. The van der Waals surface area contributed by atoms with Crippen molar-refractivity contribution in [3.8, 4) is 0 Å². The summed E-state index contributed by atoms with van der Waals surface area (Å²) in [4.78, 5) is 11.9. The van der Waals surface area contributed by atoms with Gasteiger partial charge in [0.15, 0.2) is 0 Å². The van der Waals surface area contributed by atoms with Crippen LogP contribution in [0.25, 0.3) is 0 Å². The highest BCUT2D eigenvalue weighted by Crippen LogP contribution is 2.18. The molecule has 2 aromatic carbocycles. The topological polar surface area (TPSA) is 55.1 Å². The van der Waals surface area contributed by atoms with Gasteiger partial charge in [-0.15, -0.1) is 0 Å². The minimum Gasteiger partial charge on any atom is -0.396 e. The van der Waals surface area contributed by atoms with Crippen molar-refractivity contribution in [3.05, 3.63) is 59.2 Å². The van der Waals surface area contributed by atoms with Gasteiger partial charge in [-0.3, -0.25) is 4.79 Å². The molecule has 0 radical (unpaired) electrons. The second-order valence-corrected chi connectivity index (χ2v) is 4.13. The van der Waals surface area contributed by atoms with Crippen molar-refractivity contribution in [2.75, 3.05) is 11.1 Å². The van der Waals surface area contributed by atoms with Crippen molar-refractivity contribution in [1.29, 1.82) is 0 Å². The van der Waals surface area contributed by atoms with Gasteiger partial charge in [-0.05, 0) is 36.8 Å². The number of amides is 1. The normalized spacial score (nSPS) is 10.3. The maximum Gasteiger partial charge on any atom is 0.258 e. The molecule has 0 heterocycles. The summed E-state index contributed by atoms with van der Waals surface area (Å²) in [5.41, 5.74) is 5.82. The van der Waals surface area contributed by atoms with Crippen molar-refractivity contribution in [2.45, 2.75) is 6.92 Å². The minimum absolute atomic E-state index is 0.0141. The molecule has 98 valence electrons. The maximum absolute atomic E-state index is 13.7. The molecule has 0 unspecified atom stereocenters. The van der Waals surface area contributed by atoms with Gasteiger partial charge < -0.3 is 11.1 Å². The zero-order chi connectivity index (χ0) is 14.0. The first-order valence-electron chi connectivity index (χ1n) is 5.60. The van der Waals surface area contributed by atoms with E-state index in [2.05, 4.69) is 5.32 Å². The van der Waals surface area contributed by atoms with Gasteiger partial charge in [0, 0.05) is 5.69 Å². The Morgan fingerprint density at radius 2 is 1.95 bits per heavy atom. The zero-order valence-electron chi connectivity index (χ0n) is 10.2. The smallest absolute Gasteiger partial charge is 0.258 e. The number of hydrogen-bond acceptors (Lipinski definition) is 2. The molecule has 0 spiro atoms. The van der Waals surface area contributed by atoms with Gasteiger partial charge in [0.1, 0.15) is 11.6 Å². The number of anilines is 2. The third kappa shape index (κ3) is 2.70. The highest BCUT2D eigenvalue weighted by Gasteiger charge is 2.13. The Morgan fingerprint density at radius 3 is 2.63 bits per heavy atom. The number of carbonyl (C=O) groups excluding carboxylic acids is 1. The summed E-state index contributed by atoms with van der Waals surface area (Å²) in [6.07, 6.45) is 0. The van der Waals surface area contributed by atoms with Crippen molar-refractivity contribution in [1.82, 2.24) is 0 Å². The summed E-state index contributed by atoms with van der Waals surface area (Å²) < 4.78 is 27.0. The molecule has 0 saturated heterocycles. The second-order valence-electron chi connectivity index (χ2n) is 4.13. The molecule has 0 fully saturated rings. The first kappa shape index (κ1) is 13.0. The fourth-order valence-corrected chi connectivity index (χ4v) is 1.63. The molecular formula is C14H12F2N2O. The second kappa shape index (κ2) is 5.06. The van der Waals surface area contributed by atoms with Crippen LogP contribution in [0.5, 0.6) is 0 Å². The van der Waals surface area contributed by atoms with Crippen LogP contribution in [0.4, 0.5) is 20.2 Å². The first-order valence-corrected chi connectivity index (χ1v) is 5.60. The predicted octanol–water partition coefficient (Wildman–Crippen LogP) is 3.11. The molecule has 3 N–H and O–H groups in total. The van der Waals surface area contributed by atoms with E-state index in [4.69, 9.17) is 5.73 Å². The molecule has 1 amide bonds. The number of nitrogens with two attached hydrogens (primary N) is 1. The van der Waals surface area contributed by atoms with E-state index < -0.39 is 17.5 Å². The van der Waals surface area contributed by atoms with E-state index in [0.717, 1.165) is 6.07 Å². The maximum atomic E-state index is 13.7. The van der Waals surface area contributed by atoms with Crippen LogP contribution in [0, 0.1) is 18.6 Å². The molecule has 5 heteroatoms. The van der Waals surface area contributed by atoms with E-state index in [0.29, 0.717) is 5.56 Å². The zero-order valence-corrected chi connectivity index (χ0v) is 10.2. The third-order valence-corrected chi connectivity index (χ3v) is 2.69. The van der Waals surface area contributed by atoms with Gasteiger partial charge in [-0.1, -0.05) is 12.1 Å². The van der Waals surface area contributed by atoms with Crippen molar-refractivity contribution >= 4 is 17.3 Å². The van der Waals surface area contributed by atoms with Gasteiger partial charge in [-0.2, -0.15) is 0 Å². The Balaban J connectivity index is 2.26. The Hall–Kier alpha value is -2.43. The summed E-state index contributed by atoms with van der Waals surface area (Å²) in [6, 6.07) is 8.37. The van der Waals surface area contributed by atoms with Crippen LogP contribution >= 0.6 is 0 Å². The fourth-order valence-electron chi connectivity index (χ4n) is 1.63. The minimum atomic E-state index is -0.637. The van der Waals surface area contributed by atoms with Crippen LogP contribution < -0.4 is 11.1 Å². The Labute approximate surface area is 109 Å². The highest BCUT2D eigenvalue weighted by atomic mass is 19.1. The molecular weight excluding hydrogens is 250 g/mol. The lowest BCUT2D eigenvalue weighted by molar-refractivity contribution is 0.102. The molecule has 3 nitrogen and oxygen atoms in total. The Bertz CT molecular complexity index is 641. The molecule has 0 aromatic heterocycles. The molecule has 0 aliphatic carbocycles. The van der Waals surface area contributed by atoms with Crippen molar-refractivity contribution < 1.29 is 13.6 Å². The number of rotatable bonds is 2. The number of aryl methyl sites for hydroxylation is 1. The molecule has 2 aromatic rings. The number of benzene rings is 2. The number of carbonyl (C=O) groups is 1. The van der Waals surface area contributed by atoms with Crippen LogP contribution in [-0.4, -0.2) is 5.91 Å². The number of halogens is 2. The predicted molar refractivity (Wildman–Crippen MR) is 69.9 cm³/mol. The largest absolute Gasteiger partial charge is 0.396 e. The standard InChI is InChI=1S/C14H12F2N2O/c1-8-3-2-4-10(13(8)16)14(19)18-9-5-6-12(17)11(15)7-9/h2-7H,17H2,1H3,(H,18,19). The van der Waals surface area contributed by atoms with E-state index in [1.54, 1.807) is 19.1 Å². The molecule has 19 heavy (non-hydrogen) atoms. The van der Waals surface area contributed by atoms with E-state index >= 15 is 0 Å². The molecule has 2 rings (SSSR count). The van der Waals surface area contributed by atoms with Crippen molar-refractivity contribution in [2.24, 2.45) is 0 Å². The third-order valence-electron chi connectivity index (χ3n) is 2.69. The summed E-state index contributed by atoms with van der Waals surface area (Å²) >= 11 is 0. The quantitative estimate of drug-likeness (QED) is 0.817. The lowest BCUT2D eigenvalue weighted by Gasteiger charge is -2.08. The molecule has 0 aliphatic rings. The van der Waals surface area contributed by atoms with E-state index in [9.17, 15) is 13.6 Å². The van der Waals surface area contributed by atoms with Gasteiger partial charge in [-0.25, -0.2) is 8.78 Å². The van der Waals surface area contributed by atoms with Gasteiger partial charge in [0.05, 0.1) is 11.3 Å². The number of nitrogens with one attached hydrogen (secondary N) is 1. The molecule has 0 atom stereocenters.